The Morgan fingerprint density at radius 3 is 2.68 bits per heavy atom. The summed E-state index contributed by atoms with van der Waals surface area (Å²) in [5.41, 5.74) is 2.62. The van der Waals surface area contributed by atoms with Crippen molar-refractivity contribution in [3.63, 3.8) is 0 Å². The summed E-state index contributed by atoms with van der Waals surface area (Å²) in [5, 5.41) is 3.45. The van der Waals surface area contributed by atoms with E-state index in [1.807, 2.05) is 6.07 Å². The molecule has 2 rings (SSSR count). The summed E-state index contributed by atoms with van der Waals surface area (Å²) in [5.74, 6) is 8.49. The molecule has 1 unspecified atom stereocenters. The minimum atomic E-state index is 0.430. The summed E-state index contributed by atoms with van der Waals surface area (Å²) >= 11 is 0. The third kappa shape index (κ3) is 4.35. The average Bonchev–Trinajstić information content (AvgIpc) is 3.23. The van der Waals surface area contributed by atoms with Crippen LogP contribution in [0.4, 0.5) is 11.6 Å². The van der Waals surface area contributed by atoms with E-state index in [1.165, 1.54) is 38.5 Å². The predicted molar refractivity (Wildman–Crippen MR) is 79.0 cm³/mol. The Morgan fingerprint density at radius 1 is 1.32 bits per heavy atom. The van der Waals surface area contributed by atoms with E-state index in [0.29, 0.717) is 17.8 Å². The molecule has 1 aliphatic carbocycles. The van der Waals surface area contributed by atoms with Gasteiger partial charge in [-0.25, -0.2) is 15.8 Å². The van der Waals surface area contributed by atoms with Crippen molar-refractivity contribution in [3.8, 4) is 0 Å². The smallest absolute Gasteiger partial charge is 0.145 e. The Kier molecular flexibility index (Phi) is 4.96. The highest BCUT2D eigenvalue weighted by Gasteiger charge is 2.27. The zero-order chi connectivity index (χ0) is 13.7. The number of hydrazine groups is 1. The molecule has 5 heteroatoms. The van der Waals surface area contributed by atoms with Gasteiger partial charge in [-0.1, -0.05) is 26.2 Å². The Hall–Kier alpha value is -1.36. The van der Waals surface area contributed by atoms with Crippen LogP contribution in [0.2, 0.25) is 0 Å². The van der Waals surface area contributed by atoms with E-state index >= 15 is 0 Å². The highest BCUT2D eigenvalue weighted by atomic mass is 15.3. The summed E-state index contributed by atoms with van der Waals surface area (Å²) in [4.78, 5) is 9.00. The van der Waals surface area contributed by atoms with Gasteiger partial charge in [-0.15, -0.1) is 0 Å². The van der Waals surface area contributed by atoms with Crippen molar-refractivity contribution >= 4 is 11.6 Å². The SMILES string of the molecule is CCCCCC(C)Nc1cc(NN)nc(C2CC2)n1. The Balaban J connectivity index is 1.96. The van der Waals surface area contributed by atoms with Crippen LogP contribution in [0.3, 0.4) is 0 Å². The lowest BCUT2D eigenvalue weighted by molar-refractivity contribution is 0.613. The standard InChI is InChI=1S/C14H25N5/c1-3-4-5-6-10(2)16-12-9-13(19-15)18-14(17-12)11-7-8-11/h9-11H,3-8,15H2,1-2H3,(H2,16,17,18,19). The second-order valence-corrected chi connectivity index (χ2v) is 5.46. The normalized spacial score (nSPS) is 16.2. The minimum Gasteiger partial charge on any atom is -0.367 e. The number of nitrogens with zero attached hydrogens (tertiary/aromatic N) is 2. The van der Waals surface area contributed by atoms with Gasteiger partial charge < -0.3 is 10.7 Å². The lowest BCUT2D eigenvalue weighted by Gasteiger charge is -2.15. The fraction of sp³-hybridized carbons (Fsp3) is 0.714. The molecular weight excluding hydrogens is 238 g/mol. The molecule has 0 radical (unpaired) electrons. The maximum Gasteiger partial charge on any atom is 0.145 e. The summed E-state index contributed by atoms with van der Waals surface area (Å²) in [6.07, 6.45) is 7.36. The number of anilines is 2. The van der Waals surface area contributed by atoms with Crippen molar-refractivity contribution in [2.45, 2.75) is 64.3 Å². The van der Waals surface area contributed by atoms with Crippen molar-refractivity contribution in [1.29, 1.82) is 0 Å². The lowest BCUT2D eigenvalue weighted by atomic mass is 10.1. The number of nitrogens with one attached hydrogen (secondary N) is 2. The van der Waals surface area contributed by atoms with Crippen LogP contribution < -0.4 is 16.6 Å². The van der Waals surface area contributed by atoms with Crippen molar-refractivity contribution in [2.24, 2.45) is 5.84 Å². The third-order valence-corrected chi connectivity index (χ3v) is 3.47. The fourth-order valence-electron chi connectivity index (χ4n) is 2.16. The first kappa shape index (κ1) is 14.1. The monoisotopic (exact) mass is 263 g/mol. The first-order valence-corrected chi connectivity index (χ1v) is 7.35. The van der Waals surface area contributed by atoms with Gasteiger partial charge in [0.2, 0.25) is 0 Å². The molecule has 106 valence electrons. The van der Waals surface area contributed by atoms with Crippen LogP contribution >= 0.6 is 0 Å². The van der Waals surface area contributed by atoms with Crippen LogP contribution in [-0.2, 0) is 0 Å². The van der Waals surface area contributed by atoms with Gasteiger partial charge in [-0.2, -0.15) is 0 Å². The van der Waals surface area contributed by atoms with Gasteiger partial charge >= 0.3 is 0 Å². The molecule has 1 aliphatic rings. The molecule has 1 atom stereocenters. The molecule has 4 N–H and O–H groups in total. The number of hydrogen-bond acceptors (Lipinski definition) is 5. The Morgan fingerprint density at radius 2 is 2.05 bits per heavy atom. The van der Waals surface area contributed by atoms with Gasteiger partial charge in [0, 0.05) is 18.0 Å². The molecule has 0 aromatic carbocycles. The van der Waals surface area contributed by atoms with Crippen LogP contribution in [0.15, 0.2) is 6.07 Å². The van der Waals surface area contributed by atoms with E-state index in [2.05, 4.69) is 34.6 Å². The number of unbranched alkanes of at least 4 members (excludes halogenated alkanes) is 2. The highest BCUT2D eigenvalue weighted by molar-refractivity contribution is 5.48. The zero-order valence-corrected chi connectivity index (χ0v) is 11.9. The average molecular weight is 263 g/mol. The molecule has 1 fully saturated rings. The van der Waals surface area contributed by atoms with E-state index in [-0.39, 0.29) is 0 Å². The van der Waals surface area contributed by atoms with Gasteiger partial charge in [0.1, 0.15) is 17.5 Å². The predicted octanol–water partition coefficient (Wildman–Crippen LogP) is 3.02. The Bertz CT molecular complexity index is 403. The molecule has 19 heavy (non-hydrogen) atoms. The number of nitrogen functional groups attached to an aromatic ring is 1. The number of rotatable bonds is 8. The summed E-state index contributed by atoms with van der Waals surface area (Å²) in [6, 6.07) is 2.31. The Labute approximate surface area is 115 Å². The molecule has 0 aliphatic heterocycles. The maximum absolute atomic E-state index is 5.47. The first-order chi connectivity index (χ1) is 9.22. The van der Waals surface area contributed by atoms with E-state index in [4.69, 9.17) is 5.84 Å². The zero-order valence-electron chi connectivity index (χ0n) is 11.9. The van der Waals surface area contributed by atoms with Gasteiger partial charge in [0.05, 0.1) is 0 Å². The number of nitrogens with two attached hydrogens (primary N) is 1. The van der Waals surface area contributed by atoms with Gasteiger partial charge in [0.25, 0.3) is 0 Å². The van der Waals surface area contributed by atoms with Crippen molar-refractivity contribution in [2.75, 3.05) is 10.7 Å². The highest BCUT2D eigenvalue weighted by Crippen LogP contribution is 2.38. The van der Waals surface area contributed by atoms with Crippen molar-refractivity contribution in [3.05, 3.63) is 11.9 Å². The third-order valence-electron chi connectivity index (χ3n) is 3.47. The molecule has 1 aromatic rings. The molecule has 0 spiro atoms. The number of aromatic nitrogens is 2. The van der Waals surface area contributed by atoms with Gasteiger partial charge in [-0.3, -0.25) is 0 Å². The molecule has 1 saturated carbocycles. The second kappa shape index (κ2) is 6.70. The maximum atomic E-state index is 5.47. The largest absolute Gasteiger partial charge is 0.367 e. The molecule has 1 aromatic heterocycles. The van der Waals surface area contributed by atoms with E-state index in [1.54, 1.807) is 0 Å². The van der Waals surface area contributed by atoms with Crippen LogP contribution in [0.1, 0.15) is 64.1 Å². The van der Waals surface area contributed by atoms with E-state index in [9.17, 15) is 0 Å². The summed E-state index contributed by atoms with van der Waals surface area (Å²) < 4.78 is 0. The lowest BCUT2D eigenvalue weighted by Crippen LogP contribution is -2.18. The summed E-state index contributed by atoms with van der Waals surface area (Å²) in [7, 11) is 0. The second-order valence-electron chi connectivity index (χ2n) is 5.46. The quantitative estimate of drug-likeness (QED) is 0.382. The molecule has 0 amide bonds. The van der Waals surface area contributed by atoms with Crippen LogP contribution in [0.25, 0.3) is 0 Å². The molecular formula is C14H25N5. The first-order valence-electron chi connectivity index (χ1n) is 7.35. The number of hydrogen-bond donors (Lipinski definition) is 3. The van der Waals surface area contributed by atoms with E-state index < -0.39 is 0 Å². The van der Waals surface area contributed by atoms with Crippen molar-refractivity contribution in [1.82, 2.24) is 9.97 Å². The summed E-state index contributed by atoms with van der Waals surface area (Å²) in [6.45, 7) is 4.42. The fourth-order valence-corrected chi connectivity index (χ4v) is 2.16. The molecule has 1 heterocycles. The molecule has 5 nitrogen and oxygen atoms in total. The van der Waals surface area contributed by atoms with Crippen LogP contribution in [-0.4, -0.2) is 16.0 Å². The van der Waals surface area contributed by atoms with Crippen LogP contribution in [0.5, 0.6) is 0 Å². The molecule has 0 saturated heterocycles. The minimum absolute atomic E-state index is 0.430. The van der Waals surface area contributed by atoms with Gasteiger partial charge in [0.15, 0.2) is 0 Å². The molecule has 0 bridgehead atoms. The topological polar surface area (TPSA) is 75.9 Å². The van der Waals surface area contributed by atoms with Gasteiger partial charge in [-0.05, 0) is 26.2 Å². The van der Waals surface area contributed by atoms with Crippen molar-refractivity contribution < 1.29 is 0 Å². The van der Waals surface area contributed by atoms with Crippen LogP contribution in [0, 0.1) is 0 Å². The van der Waals surface area contributed by atoms with E-state index in [0.717, 1.165) is 11.6 Å².